The fourth-order valence-electron chi connectivity index (χ4n) is 3.64. The predicted octanol–water partition coefficient (Wildman–Crippen LogP) is 4.24. The first-order valence-corrected chi connectivity index (χ1v) is 12.4. The van der Waals surface area contributed by atoms with Crippen LogP contribution in [-0.2, 0) is 9.84 Å². The summed E-state index contributed by atoms with van der Waals surface area (Å²) in [4.78, 5) is 15.1. The number of rotatable bonds is 10. The SMILES string of the molecule is CCN(CC)C(CNC(=O)c1ccc(S(=O)(=O)c2ccc(C)cc2)o1)c1ccc(OC)cc1. The van der Waals surface area contributed by atoms with E-state index in [4.69, 9.17) is 9.15 Å². The molecule has 0 spiro atoms. The Kier molecular flexibility index (Phi) is 7.94. The lowest BCUT2D eigenvalue weighted by atomic mass is 10.0. The van der Waals surface area contributed by atoms with Crippen LogP contribution in [0.1, 0.15) is 41.6 Å². The van der Waals surface area contributed by atoms with Crippen molar-refractivity contribution >= 4 is 15.7 Å². The first kappa shape index (κ1) is 24.5. The molecule has 0 radical (unpaired) electrons. The van der Waals surface area contributed by atoms with E-state index in [1.807, 2.05) is 31.2 Å². The van der Waals surface area contributed by atoms with Gasteiger partial charge in [0.05, 0.1) is 18.0 Å². The van der Waals surface area contributed by atoms with Gasteiger partial charge in [-0.25, -0.2) is 8.42 Å². The van der Waals surface area contributed by atoms with Gasteiger partial charge in [0.15, 0.2) is 5.76 Å². The minimum Gasteiger partial charge on any atom is -0.497 e. The van der Waals surface area contributed by atoms with Crippen molar-refractivity contribution in [1.82, 2.24) is 10.2 Å². The van der Waals surface area contributed by atoms with Crippen molar-refractivity contribution in [2.45, 2.75) is 36.8 Å². The van der Waals surface area contributed by atoms with Crippen LogP contribution in [0.25, 0.3) is 0 Å². The molecule has 1 amide bonds. The molecule has 0 aliphatic rings. The molecule has 0 aliphatic heterocycles. The van der Waals surface area contributed by atoms with Crippen LogP contribution in [0, 0.1) is 6.92 Å². The van der Waals surface area contributed by atoms with Gasteiger partial charge in [-0.3, -0.25) is 9.69 Å². The molecule has 8 heteroatoms. The van der Waals surface area contributed by atoms with E-state index in [0.717, 1.165) is 30.0 Å². The van der Waals surface area contributed by atoms with E-state index >= 15 is 0 Å². The highest BCUT2D eigenvalue weighted by molar-refractivity contribution is 7.91. The Bertz CT molecular complexity index is 1160. The summed E-state index contributed by atoms with van der Waals surface area (Å²) in [5.74, 6) is 0.249. The Labute approximate surface area is 195 Å². The van der Waals surface area contributed by atoms with Crippen LogP contribution >= 0.6 is 0 Å². The topological polar surface area (TPSA) is 88.9 Å². The normalized spacial score (nSPS) is 12.5. The molecule has 176 valence electrons. The number of hydrogen-bond acceptors (Lipinski definition) is 6. The van der Waals surface area contributed by atoms with Crippen molar-refractivity contribution in [2.24, 2.45) is 0 Å². The third kappa shape index (κ3) is 5.64. The third-order valence-electron chi connectivity index (χ3n) is 5.61. The number of ether oxygens (including phenoxy) is 1. The molecule has 0 saturated carbocycles. The van der Waals surface area contributed by atoms with Gasteiger partial charge in [-0.1, -0.05) is 43.7 Å². The van der Waals surface area contributed by atoms with Gasteiger partial charge >= 0.3 is 0 Å². The zero-order chi connectivity index (χ0) is 24.0. The number of sulfone groups is 1. The van der Waals surface area contributed by atoms with Crippen LogP contribution in [0.3, 0.4) is 0 Å². The molecule has 0 fully saturated rings. The molecule has 1 atom stereocenters. The first-order chi connectivity index (χ1) is 15.8. The van der Waals surface area contributed by atoms with E-state index in [1.54, 1.807) is 19.2 Å². The number of likely N-dealkylation sites (N-methyl/N-ethyl adjacent to an activating group) is 1. The van der Waals surface area contributed by atoms with Crippen molar-refractivity contribution in [2.75, 3.05) is 26.7 Å². The summed E-state index contributed by atoms with van der Waals surface area (Å²) in [5.41, 5.74) is 2.00. The average molecular weight is 471 g/mol. The molecule has 1 unspecified atom stereocenters. The summed E-state index contributed by atoms with van der Waals surface area (Å²) in [6, 6.07) is 16.9. The number of aryl methyl sites for hydroxylation is 1. The maximum Gasteiger partial charge on any atom is 0.287 e. The van der Waals surface area contributed by atoms with Crippen LogP contribution < -0.4 is 10.1 Å². The minimum atomic E-state index is -3.84. The zero-order valence-corrected chi connectivity index (χ0v) is 20.2. The Morgan fingerprint density at radius 3 is 2.21 bits per heavy atom. The van der Waals surface area contributed by atoms with Crippen LogP contribution in [0.5, 0.6) is 5.75 Å². The molecule has 0 aliphatic carbocycles. The highest BCUT2D eigenvalue weighted by Gasteiger charge is 2.25. The Hall–Kier alpha value is -3.10. The molecule has 7 nitrogen and oxygen atoms in total. The second-order valence-electron chi connectivity index (χ2n) is 7.66. The highest BCUT2D eigenvalue weighted by atomic mass is 32.2. The number of furan rings is 1. The highest BCUT2D eigenvalue weighted by Crippen LogP contribution is 2.25. The number of amides is 1. The van der Waals surface area contributed by atoms with E-state index in [1.165, 1.54) is 24.3 Å². The number of carbonyl (C=O) groups excluding carboxylic acids is 1. The summed E-state index contributed by atoms with van der Waals surface area (Å²) >= 11 is 0. The molecule has 0 bridgehead atoms. The van der Waals surface area contributed by atoms with Gasteiger partial charge in [0.2, 0.25) is 14.9 Å². The Balaban J connectivity index is 1.75. The molecule has 1 aromatic heterocycles. The van der Waals surface area contributed by atoms with Gasteiger partial charge in [0, 0.05) is 6.54 Å². The zero-order valence-electron chi connectivity index (χ0n) is 19.4. The standard InChI is InChI=1S/C25H30N2O5S/c1-5-27(6-2)22(19-9-11-20(31-4)12-10-19)17-26-25(28)23-15-16-24(32-23)33(29,30)21-13-7-18(3)8-14-21/h7-16,22H,5-6,17H2,1-4H3,(H,26,28). The molecule has 1 N–H and O–H groups in total. The molecule has 0 saturated heterocycles. The fourth-order valence-corrected chi connectivity index (χ4v) is 4.82. The van der Waals surface area contributed by atoms with Crippen LogP contribution in [0.4, 0.5) is 0 Å². The smallest absolute Gasteiger partial charge is 0.287 e. The molecule has 2 aromatic carbocycles. The van der Waals surface area contributed by atoms with E-state index in [9.17, 15) is 13.2 Å². The summed E-state index contributed by atoms with van der Waals surface area (Å²) in [7, 11) is -2.22. The lowest BCUT2D eigenvalue weighted by molar-refractivity contribution is 0.0902. The Morgan fingerprint density at radius 1 is 1.00 bits per heavy atom. The minimum absolute atomic E-state index is 0.0475. The number of methoxy groups -OCH3 is 1. The van der Waals surface area contributed by atoms with Crippen LogP contribution in [0.2, 0.25) is 0 Å². The lowest BCUT2D eigenvalue weighted by Crippen LogP contribution is -2.38. The van der Waals surface area contributed by atoms with Crippen molar-refractivity contribution in [3.63, 3.8) is 0 Å². The lowest BCUT2D eigenvalue weighted by Gasteiger charge is -2.30. The van der Waals surface area contributed by atoms with Gasteiger partial charge in [-0.15, -0.1) is 0 Å². The first-order valence-electron chi connectivity index (χ1n) is 10.9. The van der Waals surface area contributed by atoms with Crippen molar-refractivity contribution in [3.8, 4) is 5.75 Å². The van der Waals surface area contributed by atoms with Crippen molar-refractivity contribution < 1.29 is 22.4 Å². The van der Waals surface area contributed by atoms with Crippen molar-refractivity contribution in [1.29, 1.82) is 0 Å². The summed E-state index contributed by atoms with van der Waals surface area (Å²) in [6.07, 6.45) is 0. The van der Waals surface area contributed by atoms with Gasteiger partial charge in [0.1, 0.15) is 5.75 Å². The molecule has 3 rings (SSSR count). The largest absolute Gasteiger partial charge is 0.497 e. The van der Waals surface area contributed by atoms with Crippen LogP contribution in [0.15, 0.2) is 75.1 Å². The molecular weight excluding hydrogens is 440 g/mol. The number of carbonyl (C=O) groups is 1. The van der Waals surface area contributed by atoms with E-state index in [-0.39, 0.29) is 21.8 Å². The van der Waals surface area contributed by atoms with E-state index in [0.29, 0.717) is 6.54 Å². The number of benzene rings is 2. The maximum atomic E-state index is 12.8. The second kappa shape index (κ2) is 10.7. The van der Waals surface area contributed by atoms with Crippen LogP contribution in [-0.4, -0.2) is 46.0 Å². The monoisotopic (exact) mass is 470 g/mol. The maximum absolute atomic E-state index is 12.8. The summed E-state index contributed by atoms with van der Waals surface area (Å²) < 4.78 is 36.3. The average Bonchev–Trinajstić information content (AvgIpc) is 3.33. The van der Waals surface area contributed by atoms with Gasteiger partial charge in [0.25, 0.3) is 5.91 Å². The van der Waals surface area contributed by atoms with Gasteiger partial charge in [-0.2, -0.15) is 0 Å². The number of nitrogens with zero attached hydrogens (tertiary/aromatic N) is 1. The fraction of sp³-hybridized carbons (Fsp3) is 0.320. The summed E-state index contributed by atoms with van der Waals surface area (Å²) in [6.45, 7) is 7.97. The number of hydrogen-bond donors (Lipinski definition) is 1. The van der Waals surface area contributed by atoms with E-state index in [2.05, 4.69) is 24.1 Å². The second-order valence-corrected chi connectivity index (χ2v) is 9.54. The van der Waals surface area contributed by atoms with E-state index < -0.39 is 15.7 Å². The third-order valence-corrected chi connectivity index (χ3v) is 7.25. The quantitative estimate of drug-likeness (QED) is 0.477. The molecular formula is C25H30N2O5S. The Morgan fingerprint density at radius 2 is 1.64 bits per heavy atom. The predicted molar refractivity (Wildman–Crippen MR) is 126 cm³/mol. The van der Waals surface area contributed by atoms with Gasteiger partial charge < -0.3 is 14.5 Å². The van der Waals surface area contributed by atoms with Gasteiger partial charge in [-0.05, 0) is 62.0 Å². The molecule has 3 aromatic rings. The molecule has 33 heavy (non-hydrogen) atoms. The number of nitrogens with one attached hydrogen (secondary N) is 1. The van der Waals surface area contributed by atoms with Crippen molar-refractivity contribution in [3.05, 3.63) is 77.6 Å². The summed E-state index contributed by atoms with van der Waals surface area (Å²) in [5, 5.41) is 2.63. The molecule has 1 heterocycles.